The molecular weight excluding hydrogens is 292 g/mol. The second-order valence-corrected chi connectivity index (χ2v) is 5.16. The van der Waals surface area contributed by atoms with Crippen LogP contribution >= 0.6 is 0 Å². The Morgan fingerprint density at radius 1 is 1.17 bits per heavy atom. The summed E-state index contributed by atoms with van der Waals surface area (Å²) in [5.41, 5.74) is 7.56. The number of hydrogen-bond acceptors (Lipinski definition) is 6. The third-order valence-electron chi connectivity index (χ3n) is 3.68. The smallest absolute Gasteiger partial charge is 0.162 e. The number of ether oxygens (including phenoxy) is 2. The van der Waals surface area contributed by atoms with Crippen LogP contribution in [-0.4, -0.2) is 32.3 Å². The number of benzene rings is 1. The van der Waals surface area contributed by atoms with Crippen LogP contribution in [0.1, 0.15) is 24.8 Å². The zero-order chi connectivity index (χ0) is 16.7. The van der Waals surface area contributed by atoms with E-state index in [1.54, 1.807) is 20.4 Å². The van der Waals surface area contributed by atoms with Gasteiger partial charge < -0.3 is 20.5 Å². The highest BCUT2D eigenvalue weighted by Crippen LogP contribution is 2.35. The van der Waals surface area contributed by atoms with Gasteiger partial charge in [0.2, 0.25) is 0 Å². The molecule has 6 heteroatoms. The van der Waals surface area contributed by atoms with E-state index in [2.05, 4.69) is 16.4 Å². The van der Waals surface area contributed by atoms with Gasteiger partial charge in [-0.05, 0) is 25.5 Å². The topological polar surface area (TPSA) is 93.2 Å². The SMILES string of the molecule is COc1cc2ncc(C#N)c(NCCCCCN)c2cc1OC. The number of anilines is 1. The highest BCUT2D eigenvalue weighted by Gasteiger charge is 2.13. The summed E-state index contributed by atoms with van der Waals surface area (Å²) in [4.78, 5) is 4.34. The lowest BCUT2D eigenvalue weighted by molar-refractivity contribution is 0.356. The first-order valence-electron chi connectivity index (χ1n) is 7.64. The maximum absolute atomic E-state index is 9.34. The normalized spacial score (nSPS) is 10.3. The molecule has 2 aromatic rings. The van der Waals surface area contributed by atoms with Gasteiger partial charge in [-0.2, -0.15) is 5.26 Å². The van der Waals surface area contributed by atoms with Crippen LogP contribution in [0.3, 0.4) is 0 Å². The zero-order valence-electron chi connectivity index (χ0n) is 13.6. The monoisotopic (exact) mass is 314 g/mol. The van der Waals surface area contributed by atoms with E-state index in [-0.39, 0.29) is 0 Å². The van der Waals surface area contributed by atoms with Crippen molar-refractivity contribution in [3.05, 3.63) is 23.9 Å². The highest BCUT2D eigenvalue weighted by atomic mass is 16.5. The molecule has 0 unspecified atom stereocenters. The summed E-state index contributed by atoms with van der Waals surface area (Å²) in [7, 11) is 3.18. The predicted octanol–water partition coefficient (Wildman–Crippen LogP) is 2.66. The number of nitrogens with two attached hydrogens (primary N) is 1. The minimum atomic E-state index is 0.517. The molecule has 0 aliphatic carbocycles. The van der Waals surface area contributed by atoms with Crippen molar-refractivity contribution in [2.45, 2.75) is 19.3 Å². The number of nitrogens with one attached hydrogen (secondary N) is 1. The summed E-state index contributed by atoms with van der Waals surface area (Å²) in [6.07, 6.45) is 4.65. The number of fused-ring (bicyclic) bond motifs is 1. The van der Waals surface area contributed by atoms with Gasteiger partial charge in [0.15, 0.2) is 11.5 Å². The maximum atomic E-state index is 9.34. The third kappa shape index (κ3) is 3.82. The van der Waals surface area contributed by atoms with E-state index in [1.165, 1.54) is 0 Å². The molecular formula is C17H22N4O2. The van der Waals surface area contributed by atoms with Gasteiger partial charge in [-0.25, -0.2) is 0 Å². The van der Waals surface area contributed by atoms with Gasteiger partial charge in [0.25, 0.3) is 0 Å². The van der Waals surface area contributed by atoms with Gasteiger partial charge in [0.05, 0.1) is 31.0 Å². The van der Waals surface area contributed by atoms with Crippen LogP contribution in [-0.2, 0) is 0 Å². The Balaban J connectivity index is 2.37. The maximum Gasteiger partial charge on any atom is 0.162 e. The van der Waals surface area contributed by atoms with Gasteiger partial charge in [-0.15, -0.1) is 0 Å². The molecule has 2 rings (SSSR count). The fourth-order valence-electron chi connectivity index (χ4n) is 2.45. The van der Waals surface area contributed by atoms with E-state index in [4.69, 9.17) is 15.2 Å². The summed E-state index contributed by atoms with van der Waals surface area (Å²) in [5, 5.41) is 13.5. The zero-order valence-corrected chi connectivity index (χ0v) is 13.6. The van der Waals surface area contributed by atoms with E-state index in [9.17, 15) is 5.26 Å². The summed E-state index contributed by atoms with van der Waals surface area (Å²) < 4.78 is 10.7. The van der Waals surface area contributed by atoms with Crippen LogP contribution < -0.4 is 20.5 Å². The average molecular weight is 314 g/mol. The second kappa shape index (κ2) is 8.20. The molecule has 1 aromatic carbocycles. The van der Waals surface area contributed by atoms with Gasteiger partial charge in [-0.1, -0.05) is 6.42 Å². The van der Waals surface area contributed by atoms with E-state index in [0.29, 0.717) is 23.6 Å². The Labute approximate surface area is 136 Å². The van der Waals surface area contributed by atoms with Gasteiger partial charge in [0, 0.05) is 24.2 Å². The summed E-state index contributed by atoms with van der Waals surface area (Å²) in [6.45, 7) is 1.49. The molecule has 0 saturated carbocycles. The van der Waals surface area contributed by atoms with Crippen LogP contribution in [0.15, 0.2) is 18.3 Å². The lowest BCUT2D eigenvalue weighted by atomic mass is 10.1. The van der Waals surface area contributed by atoms with Crippen molar-refractivity contribution in [2.24, 2.45) is 5.73 Å². The lowest BCUT2D eigenvalue weighted by Crippen LogP contribution is -2.06. The fourth-order valence-corrected chi connectivity index (χ4v) is 2.45. The van der Waals surface area contributed by atoms with Gasteiger partial charge in [-0.3, -0.25) is 4.98 Å². The number of unbranched alkanes of at least 4 members (excludes halogenated alkanes) is 2. The first-order chi connectivity index (χ1) is 11.2. The van der Waals surface area contributed by atoms with Crippen molar-refractivity contribution in [3.63, 3.8) is 0 Å². The minimum absolute atomic E-state index is 0.517. The molecule has 0 radical (unpaired) electrons. The van der Waals surface area contributed by atoms with Crippen molar-refractivity contribution >= 4 is 16.6 Å². The van der Waals surface area contributed by atoms with E-state index < -0.39 is 0 Å². The number of methoxy groups -OCH3 is 2. The van der Waals surface area contributed by atoms with Crippen molar-refractivity contribution in [3.8, 4) is 17.6 Å². The van der Waals surface area contributed by atoms with Gasteiger partial charge >= 0.3 is 0 Å². The first kappa shape index (κ1) is 16.8. The molecule has 23 heavy (non-hydrogen) atoms. The second-order valence-electron chi connectivity index (χ2n) is 5.16. The highest BCUT2D eigenvalue weighted by molar-refractivity contribution is 5.96. The Kier molecular flexibility index (Phi) is 6.01. The quantitative estimate of drug-likeness (QED) is 0.728. The number of hydrogen-bond donors (Lipinski definition) is 2. The Morgan fingerprint density at radius 3 is 2.57 bits per heavy atom. The van der Waals surface area contributed by atoms with E-state index >= 15 is 0 Å². The van der Waals surface area contributed by atoms with Crippen LogP contribution in [0, 0.1) is 11.3 Å². The average Bonchev–Trinajstić information content (AvgIpc) is 2.60. The molecule has 0 aliphatic rings. The van der Waals surface area contributed by atoms with Crippen molar-refractivity contribution in [2.75, 3.05) is 32.6 Å². The third-order valence-corrected chi connectivity index (χ3v) is 3.68. The number of nitrogens with zero attached hydrogens (tertiary/aromatic N) is 2. The molecule has 0 fully saturated rings. The number of pyridine rings is 1. The molecule has 6 nitrogen and oxygen atoms in total. The summed E-state index contributed by atoms with van der Waals surface area (Å²) in [5.74, 6) is 1.23. The van der Waals surface area contributed by atoms with Crippen molar-refractivity contribution in [1.82, 2.24) is 4.98 Å². The van der Waals surface area contributed by atoms with Crippen LogP contribution in [0.5, 0.6) is 11.5 Å². The molecule has 0 saturated heterocycles. The van der Waals surface area contributed by atoms with Crippen LogP contribution in [0.2, 0.25) is 0 Å². The Hall–Kier alpha value is -2.52. The Bertz CT molecular complexity index is 710. The van der Waals surface area contributed by atoms with Crippen LogP contribution in [0.4, 0.5) is 5.69 Å². The molecule has 3 N–H and O–H groups in total. The van der Waals surface area contributed by atoms with Crippen LogP contribution in [0.25, 0.3) is 10.9 Å². The summed E-state index contributed by atoms with van der Waals surface area (Å²) >= 11 is 0. The molecule has 0 amide bonds. The van der Waals surface area contributed by atoms with E-state index in [0.717, 1.165) is 42.4 Å². The number of nitriles is 1. The Morgan fingerprint density at radius 2 is 1.91 bits per heavy atom. The summed E-state index contributed by atoms with van der Waals surface area (Å²) in [6, 6.07) is 5.85. The number of rotatable bonds is 8. The standard InChI is InChI=1S/C17H22N4O2/c1-22-15-8-13-14(9-16(15)23-2)21-11-12(10-19)17(13)20-7-5-3-4-6-18/h8-9,11H,3-7,18H2,1-2H3,(H,20,21). The lowest BCUT2D eigenvalue weighted by Gasteiger charge is -2.14. The molecule has 0 aliphatic heterocycles. The predicted molar refractivity (Wildman–Crippen MR) is 91.0 cm³/mol. The first-order valence-corrected chi connectivity index (χ1v) is 7.64. The molecule has 1 aromatic heterocycles. The molecule has 0 atom stereocenters. The fraction of sp³-hybridized carbons (Fsp3) is 0.412. The molecule has 0 spiro atoms. The van der Waals surface area contributed by atoms with Gasteiger partial charge in [0.1, 0.15) is 6.07 Å². The largest absolute Gasteiger partial charge is 0.493 e. The van der Waals surface area contributed by atoms with E-state index in [1.807, 2.05) is 12.1 Å². The molecule has 122 valence electrons. The minimum Gasteiger partial charge on any atom is -0.493 e. The van der Waals surface area contributed by atoms with Crippen molar-refractivity contribution in [1.29, 1.82) is 5.26 Å². The number of aromatic nitrogens is 1. The molecule has 0 bridgehead atoms. The molecule has 1 heterocycles. The van der Waals surface area contributed by atoms with Crippen molar-refractivity contribution < 1.29 is 9.47 Å².